The minimum atomic E-state index is -0.392. The molecule has 0 atom stereocenters. The van der Waals surface area contributed by atoms with Gasteiger partial charge in [0.25, 0.3) is 0 Å². The van der Waals surface area contributed by atoms with Gasteiger partial charge >= 0.3 is 6.03 Å². The first-order chi connectivity index (χ1) is 29.7. The fourth-order valence-electron chi connectivity index (χ4n) is 10.6. The molecule has 2 amide bonds. The van der Waals surface area contributed by atoms with Crippen molar-refractivity contribution in [1.82, 2.24) is 0 Å². The summed E-state index contributed by atoms with van der Waals surface area (Å²) in [6.45, 7) is 7.77. The van der Waals surface area contributed by atoms with E-state index in [0.717, 1.165) is 82.5 Å². The van der Waals surface area contributed by atoms with Gasteiger partial charge in [-0.2, -0.15) is 0 Å². The summed E-state index contributed by atoms with van der Waals surface area (Å²) < 4.78 is 13.4. The Morgan fingerprint density at radius 1 is 0.443 bits per heavy atom. The predicted molar refractivity (Wildman–Crippen MR) is 254 cm³/mol. The molecule has 1 saturated heterocycles. The SMILES string of the molecule is [B]C1=C2N3C(=C([B])B(c4c(C)cccc4C)c4cccc(c43)B1c1c(C)cccc1C)N(c1cccc3c1oc1ccccc13)C(=O)N2c1cccc2c1oc1ccccc12. The van der Waals surface area contributed by atoms with Gasteiger partial charge in [0.2, 0.25) is 13.4 Å². The molecule has 3 aliphatic heterocycles. The molecular formula is C51H35B4N3O3. The number of hydrogen-bond donors (Lipinski definition) is 0. The standard InChI is InChI=1S/C51H35B4N3O3/c1-28-14-9-15-29(2)42(28)54-36-22-13-23-37-44(36)58-49(47(54)52)56(38-24-11-20-34-32-18-5-7-26-40(32)60-45(34)38)51(59)57(50(58)48(53)55(37)43-30(3)16-10-17-31(43)4)39-25-12-21-35-33-19-6-8-27-41(33)61-46(35)39/h5-27H,1-4H3. The maximum atomic E-state index is 16.4. The maximum Gasteiger partial charge on any atom is 0.340 e. The van der Waals surface area contributed by atoms with Crippen molar-refractivity contribution < 1.29 is 13.6 Å². The maximum absolute atomic E-state index is 16.4. The number of nitrogens with zero attached hydrogens (tertiary/aromatic N) is 3. The van der Waals surface area contributed by atoms with Crippen LogP contribution in [0.3, 0.4) is 0 Å². The number of hydrogen-bond acceptors (Lipinski definition) is 4. The second-order valence-electron chi connectivity index (χ2n) is 16.6. The Bertz CT molecular complexity index is 3210. The van der Waals surface area contributed by atoms with Gasteiger partial charge in [0, 0.05) is 27.2 Å². The van der Waals surface area contributed by atoms with E-state index in [0.29, 0.717) is 44.9 Å². The second-order valence-corrected chi connectivity index (χ2v) is 16.6. The number of benzene rings is 7. The van der Waals surface area contributed by atoms with Gasteiger partial charge in [-0.15, -0.1) is 0 Å². The average molecular weight is 781 g/mol. The Morgan fingerprint density at radius 2 is 0.820 bits per heavy atom. The fraction of sp³-hybridized carbons (Fsp3) is 0.0784. The third-order valence-corrected chi connectivity index (χ3v) is 13.2. The summed E-state index contributed by atoms with van der Waals surface area (Å²) in [6, 6.07) is 46.7. The molecular weight excluding hydrogens is 746 g/mol. The Labute approximate surface area is 356 Å². The van der Waals surface area contributed by atoms with Crippen molar-refractivity contribution in [2.75, 3.05) is 14.7 Å². The van der Waals surface area contributed by atoms with E-state index in [-0.39, 0.29) is 6.03 Å². The van der Waals surface area contributed by atoms with Crippen molar-refractivity contribution in [3.8, 4) is 0 Å². The number of aryl methyl sites for hydroxylation is 4. The smallest absolute Gasteiger partial charge is 0.340 e. The zero-order valence-corrected chi connectivity index (χ0v) is 34.2. The second kappa shape index (κ2) is 13.0. The van der Waals surface area contributed by atoms with Gasteiger partial charge in [-0.05, 0) is 62.9 Å². The van der Waals surface area contributed by atoms with E-state index >= 15 is 4.79 Å². The lowest BCUT2D eigenvalue weighted by Crippen LogP contribution is -2.68. The van der Waals surface area contributed by atoms with Crippen molar-refractivity contribution in [2.24, 2.45) is 0 Å². The van der Waals surface area contributed by atoms with E-state index in [2.05, 4.69) is 87.2 Å². The highest BCUT2D eigenvalue weighted by molar-refractivity contribution is 7.02. The molecule has 0 unspecified atom stereocenters. The monoisotopic (exact) mass is 781 g/mol. The Kier molecular flexibility index (Phi) is 7.63. The van der Waals surface area contributed by atoms with Crippen molar-refractivity contribution >= 4 is 118 Å². The molecule has 9 aromatic rings. The van der Waals surface area contributed by atoms with Gasteiger partial charge in [-0.3, -0.25) is 4.90 Å². The molecule has 12 rings (SSSR count). The van der Waals surface area contributed by atoms with Crippen LogP contribution in [0, 0.1) is 27.7 Å². The van der Waals surface area contributed by atoms with E-state index in [9.17, 15) is 0 Å². The molecule has 7 aromatic carbocycles. The van der Waals surface area contributed by atoms with E-state index in [1.54, 1.807) is 9.80 Å². The van der Waals surface area contributed by atoms with Gasteiger partial charge in [0.1, 0.15) is 38.5 Å². The van der Waals surface area contributed by atoms with Gasteiger partial charge in [-0.25, -0.2) is 14.6 Å². The minimum absolute atomic E-state index is 0.364. The summed E-state index contributed by atoms with van der Waals surface area (Å²) in [6.07, 6.45) is 0. The number of amides is 2. The van der Waals surface area contributed by atoms with Crippen LogP contribution in [0.1, 0.15) is 22.3 Å². The molecule has 0 aliphatic carbocycles. The Balaban J connectivity index is 1.25. The van der Waals surface area contributed by atoms with E-state index in [1.807, 2.05) is 84.9 Å². The molecule has 2 aromatic heterocycles. The lowest BCUT2D eigenvalue weighted by molar-refractivity contribution is 0.252. The number of carbonyl (C=O) groups is 1. The minimum Gasteiger partial charge on any atom is -0.454 e. The van der Waals surface area contributed by atoms with Gasteiger partial charge in [0.15, 0.2) is 11.2 Å². The highest BCUT2D eigenvalue weighted by Gasteiger charge is 2.53. The largest absolute Gasteiger partial charge is 0.454 e. The highest BCUT2D eigenvalue weighted by Crippen LogP contribution is 2.48. The van der Waals surface area contributed by atoms with Crippen LogP contribution in [0.4, 0.5) is 21.9 Å². The topological polar surface area (TPSA) is 53.1 Å². The number of fused-ring (bicyclic) bond motifs is 6. The molecule has 6 nitrogen and oxygen atoms in total. The molecule has 0 N–H and O–H groups in total. The summed E-state index contributed by atoms with van der Waals surface area (Å²) in [5, 5.41) is 4.76. The number of carbonyl (C=O) groups excluding carboxylic acids is 1. The van der Waals surface area contributed by atoms with Crippen LogP contribution in [0.5, 0.6) is 0 Å². The normalized spacial score (nSPS) is 15.1. The summed E-state index contributed by atoms with van der Waals surface area (Å²) in [5.41, 5.74) is 13.4. The van der Waals surface area contributed by atoms with Crippen molar-refractivity contribution in [3.05, 3.63) is 184 Å². The van der Waals surface area contributed by atoms with Gasteiger partial charge < -0.3 is 8.83 Å². The lowest BCUT2D eigenvalue weighted by atomic mass is 9.26. The number of anilines is 3. The first-order valence-electron chi connectivity index (χ1n) is 20.7. The predicted octanol–water partition coefficient (Wildman–Crippen LogP) is 8.67. The van der Waals surface area contributed by atoms with Crippen LogP contribution < -0.4 is 36.6 Å². The molecule has 1 fully saturated rings. The quantitative estimate of drug-likeness (QED) is 0.168. The Hall–Kier alpha value is -7.05. The van der Waals surface area contributed by atoms with Crippen LogP contribution in [-0.4, -0.2) is 35.1 Å². The molecule has 0 saturated carbocycles. The summed E-state index contributed by atoms with van der Waals surface area (Å²) in [4.78, 5) is 22.1. The molecule has 0 spiro atoms. The first kappa shape index (κ1) is 35.9. The lowest BCUT2D eigenvalue weighted by Gasteiger charge is -2.54. The van der Waals surface area contributed by atoms with E-state index < -0.39 is 13.4 Å². The van der Waals surface area contributed by atoms with Crippen LogP contribution in [0.15, 0.2) is 171 Å². The summed E-state index contributed by atoms with van der Waals surface area (Å²) in [5.74, 6) is 1.05. The molecule has 61 heavy (non-hydrogen) atoms. The number of para-hydroxylation sites is 5. The van der Waals surface area contributed by atoms with Crippen molar-refractivity contribution in [2.45, 2.75) is 27.7 Å². The van der Waals surface area contributed by atoms with E-state index in [4.69, 9.17) is 24.5 Å². The molecule has 10 heteroatoms. The molecule has 284 valence electrons. The fourth-order valence-corrected chi connectivity index (χ4v) is 10.6. The van der Waals surface area contributed by atoms with E-state index in [1.165, 1.54) is 0 Å². The number of urea groups is 1. The van der Waals surface area contributed by atoms with Gasteiger partial charge in [-0.1, -0.05) is 159 Å². The van der Waals surface area contributed by atoms with Crippen LogP contribution in [-0.2, 0) is 0 Å². The third-order valence-electron chi connectivity index (χ3n) is 13.2. The highest BCUT2D eigenvalue weighted by atomic mass is 16.3. The van der Waals surface area contributed by atoms with Crippen LogP contribution in [0.25, 0.3) is 43.9 Å². The van der Waals surface area contributed by atoms with Crippen molar-refractivity contribution in [1.29, 1.82) is 0 Å². The first-order valence-corrected chi connectivity index (χ1v) is 20.7. The Morgan fingerprint density at radius 3 is 1.26 bits per heavy atom. The van der Waals surface area contributed by atoms with Gasteiger partial charge in [0.05, 0.1) is 11.4 Å². The van der Waals surface area contributed by atoms with Crippen molar-refractivity contribution in [3.63, 3.8) is 0 Å². The summed E-state index contributed by atoms with van der Waals surface area (Å²) in [7, 11) is 15.5. The molecule has 0 bridgehead atoms. The average Bonchev–Trinajstić information content (AvgIpc) is 3.84. The molecule has 4 radical (unpaired) electrons. The van der Waals surface area contributed by atoms with Crippen LogP contribution in [0.2, 0.25) is 0 Å². The molecule has 5 heterocycles. The number of rotatable bonds is 4. The zero-order valence-electron chi connectivity index (χ0n) is 34.2. The third kappa shape index (κ3) is 4.82. The number of furan rings is 2. The van der Waals surface area contributed by atoms with Crippen LogP contribution >= 0.6 is 0 Å². The zero-order chi connectivity index (χ0) is 41.4. The summed E-state index contributed by atoms with van der Waals surface area (Å²) >= 11 is 0. The molecule has 3 aliphatic rings.